The molecule has 0 bridgehead atoms. The van der Waals surface area contributed by atoms with Crippen molar-refractivity contribution in [1.82, 2.24) is 20.0 Å². The Morgan fingerprint density at radius 3 is 2.52 bits per heavy atom. The molecule has 0 aliphatic heterocycles. The molecule has 1 aromatic heterocycles. The van der Waals surface area contributed by atoms with Crippen molar-refractivity contribution >= 4 is 5.91 Å². The van der Waals surface area contributed by atoms with E-state index in [0.29, 0.717) is 18.0 Å². The van der Waals surface area contributed by atoms with Crippen LogP contribution in [0.4, 0.5) is 0 Å². The Hall–Kier alpha value is -3.12. The average Bonchev–Trinajstić information content (AvgIpc) is 3.52. The number of nitrogens with one attached hydrogen (secondary N) is 1. The largest absolute Gasteiger partial charge is 0.497 e. The monoisotopic (exact) mass is 418 g/mol. The van der Waals surface area contributed by atoms with Crippen molar-refractivity contribution in [2.24, 2.45) is 0 Å². The number of likely N-dealkylation sites (N-methyl/N-ethyl adjacent to an activating group) is 1. The van der Waals surface area contributed by atoms with Crippen molar-refractivity contribution in [3.8, 4) is 11.4 Å². The topological polar surface area (TPSA) is 59.4 Å². The number of methoxy groups -OCH3 is 1. The minimum absolute atomic E-state index is 0.0608. The molecule has 6 heteroatoms. The van der Waals surface area contributed by atoms with Gasteiger partial charge < -0.3 is 15.0 Å². The van der Waals surface area contributed by atoms with Gasteiger partial charge in [0.1, 0.15) is 5.75 Å². The van der Waals surface area contributed by atoms with E-state index in [1.165, 1.54) is 0 Å². The molecule has 1 amide bonds. The Morgan fingerprint density at radius 1 is 1.19 bits per heavy atom. The first kappa shape index (κ1) is 21.1. The second-order valence-corrected chi connectivity index (χ2v) is 8.38. The summed E-state index contributed by atoms with van der Waals surface area (Å²) in [4.78, 5) is 15.3. The molecular weight excluding hydrogens is 388 g/mol. The van der Waals surface area contributed by atoms with Crippen LogP contribution in [0.3, 0.4) is 0 Å². The van der Waals surface area contributed by atoms with Crippen LogP contribution in [0.1, 0.15) is 52.0 Å². The van der Waals surface area contributed by atoms with Crippen LogP contribution in [0, 0.1) is 6.92 Å². The molecule has 6 nitrogen and oxygen atoms in total. The van der Waals surface area contributed by atoms with Crippen LogP contribution in [0.25, 0.3) is 5.69 Å². The van der Waals surface area contributed by atoms with Crippen molar-refractivity contribution in [2.45, 2.75) is 31.7 Å². The van der Waals surface area contributed by atoms with Gasteiger partial charge in [0.15, 0.2) is 0 Å². The summed E-state index contributed by atoms with van der Waals surface area (Å²) >= 11 is 0. The first-order valence-corrected chi connectivity index (χ1v) is 10.7. The second-order valence-electron chi connectivity index (χ2n) is 8.38. The summed E-state index contributed by atoms with van der Waals surface area (Å²) in [6.45, 7) is 2.59. The maximum atomic E-state index is 13.2. The van der Waals surface area contributed by atoms with Crippen molar-refractivity contribution in [1.29, 1.82) is 0 Å². The number of carbonyl (C=O) groups is 1. The summed E-state index contributed by atoms with van der Waals surface area (Å²) in [5.74, 6) is 1.15. The normalized spacial score (nSPS) is 14.5. The van der Waals surface area contributed by atoms with Crippen molar-refractivity contribution in [2.75, 3.05) is 27.7 Å². The van der Waals surface area contributed by atoms with E-state index in [1.807, 2.05) is 55.2 Å². The molecule has 1 fully saturated rings. The van der Waals surface area contributed by atoms with Gasteiger partial charge in [0.25, 0.3) is 5.91 Å². The van der Waals surface area contributed by atoms with Gasteiger partial charge in [0, 0.05) is 12.5 Å². The lowest BCUT2D eigenvalue weighted by molar-refractivity contribution is 0.0941. The molecule has 1 heterocycles. The minimum Gasteiger partial charge on any atom is -0.497 e. The van der Waals surface area contributed by atoms with Crippen molar-refractivity contribution < 1.29 is 9.53 Å². The van der Waals surface area contributed by atoms with Gasteiger partial charge in [-0.05, 0) is 63.2 Å². The zero-order valence-corrected chi connectivity index (χ0v) is 18.6. The average molecular weight is 419 g/mol. The van der Waals surface area contributed by atoms with Crippen LogP contribution in [0.2, 0.25) is 0 Å². The van der Waals surface area contributed by atoms with Gasteiger partial charge in [-0.15, -0.1) is 0 Å². The number of ether oxygens (including phenoxy) is 1. The smallest absolute Gasteiger partial charge is 0.254 e. The predicted molar refractivity (Wildman–Crippen MR) is 122 cm³/mol. The molecule has 0 radical (unpaired) electrons. The van der Waals surface area contributed by atoms with E-state index in [2.05, 4.69) is 34.4 Å². The highest BCUT2D eigenvalue weighted by Gasteiger charge is 2.33. The molecule has 1 aliphatic rings. The Labute approximate surface area is 183 Å². The summed E-state index contributed by atoms with van der Waals surface area (Å²) in [6, 6.07) is 16.2. The third-order valence-electron chi connectivity index (χ3n) is 5.94. The van der Waals surface area contributed by atoms with E-state index in [0.717, 1.165) is 41.1 Å². The highest BCUT2D eigenvalue weighted by molar-refractivity contribution is 5.95. The zero-order chi connectivity index (χ0) is 22.0. The molecule has 0 unspecified atom stereocenters. The number of aryl methyl sites for hydroxylation is 1. The van der Waals surface area contributed by atoms with Crippen LogP contribution in [-0.4, -0.2) is 48.3 Å². The maximum Gasteiger partial charge on any atom is 0.254 e. The van der Waals surface area contributed by atoms with Gasteiger partial charge in [-0.3, -0.25) is 4.79 Å². The molecule has 3 aromatic rings. The van der Waals surface area contributed by atoms with Crippen LogP contribution in [-0.2, 0) is 0 Å². The van der Waals surface area contributed by atoms with Gasteiger partial charge in [-0.25, -0.2) is 4.68 Å². The van der Waals surface area contributed by atoms with Gasteiger partial charge in [-0.2, -0.15) is 5.10 Å². The number of carbonyl (C=O) groups excluding carboxylic acids is 1. The molecule has 1 atom stereocenters. The van der Waals surface area contributed by atoms with E-state index in [9.17, 15) is 4.79 Å². The molecule has 4 rings (SSSR count). The molecule has 1 aliphatic carbocycles. The van der Waals surface area contributed by atoms with E-state index in [4.69, 9.17) is 4.74 Å². The van der Waals surface area contributed by atoms with E-state index >= 15 is 0 Å². The molecule has 162 valence electrons. The lowest BCUT2D eigenvalue weighted by atomic mass is 10.1. The first-order chi connectivity index (χ1) is 15.0. The maximum absolute atomic E-state index is 13.2. The number of para-hydroxylation sites is 1. The molecule has 31 heavy (non-hydrogen) atoms. The number of nitrogens with zero attached hydrogens (tertiary/aromatic N) is 3. The van der Waals surface area contributed by atoms with E-state index in [-0.39, 0.29) is 11.9 Å². The van der Waals surface area contributed by atoms with Crippen molar-refractivity contribution in [3.63, 3.8) is 0 Å². The van der Waals surface area contributed by atoms with Gasteiger partial charge in [0.05, 0.1) is 36.3 Å². The number of rotatable bonds is 8. The third-order valence-corrected chi connectivity index (χ3v) is 5.94. The van der Waals surface area contributed by atoms with Gasteiger partial charge in [0.2, 0.25) is 0 Å². The zero-order valence-electron chi connectivity index (χ0n) is 18.6. The first-order valence-electron chi connectivity index (χ1n) is 10.7. The minimum atomic E-state index is -0.0675. The Balaban J connectivity index is 1.55. The molecular formula is C25H30N4O2. The summed E-state index contributed by atoms with van der Waals surface area (Å²) in [6.07, 6.45) is 3.92. The molecule has 1 saturated carbocycles. The highest BCUT2D eigenvalue weighted by Crippen LogP contribution is 2.42. The van der Waals surface area contributed by atoms with Crippen molar-refractivity contribution in [3.05, 3.63) is 77.1 Å². The second kappa shape index (κ2) is 8.94. The number of benzene rings is 2. The lowest BCUT2D eigenvalue weighted by Crippen LogP contribution is -2.34. The molecule has 1 N–H and O–H groups in total. The summed E-state index contributed by atoms with van der Waals surface area (Å²) in [5, 5.41) is 7.75. The summed E-state index contributed by atoms with van der Waals surface area (Å²) in [5.41, 5.74) is 5.01. The lowest BCUT2D eigenvalue weighted by Gasteiger charge is -2.25. The Bertz CT molecular complexity index is 1050. The van der Waals surface area contributed by atoms with E-state index < -0.39 is 0 Å². The third kappa shape index (κ3) is 4.49. The Kier molecular flexibility index (Phi) is 6.09. The van der Waals surface area contributed by atoms with Gasteiger partial charge >= 0.3 is 0 Å². The molecule has 0 saturated heterocycles. The quantitative estimate of drug-likeness (QED) is 0.598. The van der Waals surface area contributed by atoms with Crippen LogP contribution < -0.4 is 10.1 Å². The number of aromatic nitrogens is 2. The van der Waals surface area contributed by atoms with Crippen LogP contribution >= 0.6 is 0 Å². The fourth-order valence-corrected chi connectivity index (χ4v) is 3.98. The fraction of sp³-hybridized carbons (Fsp3) is 0.360. The Morgan fingerprint density at radius 2 is 1.90 bits per heavy atom. The van der Waals surface area contributed by atoms with Crippen LogP contribution in [0.15, 0.2) is 54.7 Å². The predicted octanol–water partition coefficient (Wildman–Crippen LogP) is 4.10. The van der Waals surface area contributed by atoms with E-state index in [1.54, 1.807) is 13.3 Å². The van der Waals surface area contributed by atoms with Gasteiger partial charge in [-0.1, -0.05) is 30.3 Å². The number of hydrogen-bond acceptors (Lipinski definition) is 4. The highest BCUT2D eigenvalue weighted by atomic mass is 16.5. The standard InChI is InChI=1S/C25H30N4O2/c1-17-7-5-6-8-22(17)29-24(19-9-10-19)21(15-27-29)25(30)26-16-23(28(2)3)18-11-13-20(31-4)14-12-18/h5-8,11-15,19,23H,9-10,16H2,1-4H3,(H,26,30)/t23-/m1/s1. The molecule has 0 spiro atoms. The SMILES string of the molecule is COc1ccc([C@@H](CNC(=O)c2cnn(-c3ccccc3C)c2C2CC2)N(C)C)cc1. The summed E-state index contributed by atoms with van der Waals surface area (Å²) in [7, 11) is 5.70. The fourth-order valence-electron chi connectivity index (χ4n) is 3.98. The molecule has 2 aromatic carbocycles. The number of hydrogen-bond donors (Lipinski definition) is 1. The van der Waals surface area contributed by atoms with Crippen LogP contribution in [0.5, 0.6) is 5.75 Å². The number of amides is 1. The summed E-state index contributed by atoms with van der Waals surface area (Å²) < 4.78 is 7.21.